The lowest BCUT2D eigenvalue weighted by Crippen LogP contribution is -2.22. The van der Waals surface area contributed by atoms with Crippen LogP contribution >= 0.6 is 67.8 Å². The monoisotopic (exact) mass is 553 g/mol. The number of halogens is 3. The second kappa shape index (κ2) is 7.14. The molecule has 0 atom stereocenters. The van der Waals surface area contributed by atoms with Gasteiger partial charge in [-0.2, -0.15) is 0 Å². The average Bonchev–Trinajstić information content (AvgIpc) is 2.24. The summed E-state index contributed by atoms with van der Waals surface area (Å²) in [6.45, 7) is 2.62. The summed E-state index contributed by atoms with van der Waals surface area (Å²) < 4.78 is 1.73. The number of amides is 1. The van der Waals surface area contributed by atoms with Crippen LogP contribution in [0.1, 0.15) is 11.1 Å². The molecule has 0 aliphatic heterocycles. The SMILES string of the molecule is Cc1cccc(CNC(=O)C(I)=C(I)I)c1. The van der Waals surface area contributed by atoms with Gasteiger partial charge in [0.05, 0.1) is 5.17 Å². The zero-order valence-corrected chi connectivity index (χ0v) is 15.0. The Morgan fingerprint density at radius 2 is 2.00 bits per heavy atom. The number of benzene rings is 1. The quantitative estimate of drug-likeness (QED) is 0.444. The number of carbonyl (C=O) groups is 1. The summed E-state index contributed by atoms with van der Waals surface area (Å²) in [5.74, 6) is -0.0130. The molecule has 0 unspecified atom stereocenters. The van der Waals surface area contributed by atoms with Crippen molar-refractivity contribution in [2.24, 2.45) is 0 Å². The summed E-state index contributed by atoms with van der Waals surface area (Å²) in [4.78, 5) is 11.7. The second-order valence-electron chi connectivity index (χ2n) is 3.25. The molecule has 5 heteroatoms. The molecule has 1 N–H and O–H groups in total. The minimum Gasteiger partial charge on any atom is -0.348 e. The van der Waals surface area contributed by atoms with Gasteiger partial charge in [0.1, 0.15) is 0 Å². The predicted molar refractivity (Wildman–Crippen MR) is 92.1 cm³/mol. The molecule has 1 rings (SSSR count). The minimum absolute atomic E-state index is 0.0130. The number of hydrogen-bond acceptors (Lipinski definition) is 1. The highest BCUT2D eigenvalue weighted by atomic mass is 127. The second-order valence-corrected chi connectivity index (χ2v) is 8.55. The van der Waals surface area contributed by atoms with E-state index in [1.807, 2.05) is 25.1 Å². The fourth-order valence-corrected chi connectivity index (χ4v) is 1.85. The number of rotatable bonds is 3. The summed E-state index contributed by atoms with van der Waals surface area (Å²) >= 11 is 6.34. The Morgan fingerprint density at radius 1 is 1.31 bits per heavy atom. The maximum Gasteiger partial charge on any atom is 0.259 e. The normalized spacial score (nSPS) is 9.75. The Kier molecular flexibility index (Phi) is 6.55. The molecule has 86 valence electrons. The van der Waals surface area contributed by atoms with Crippen LogP contribution in [0.5, 0.6) is 0 Å². The number of carbonyl (C=O) groups excluding carboxylic acids is 1. The van der Waals surface area contributed by atoms with Gasteiger partial charge < -0.3 is 5.32 Å². The fraction of sp³-hybridized carbons (Fsp3) is 0.182. The third-order valence-corrected chi connectivity index (χ3v) is 6.07. The molecule has 0 saturated heterocycles. The molecule has 0 aromatic heterocycles. The average molecular weight is 553 g/mol. The summed E-state index contributed by atoms with van der Waals surface area (Å²) in [5.41, 5.74) is 2.33. The fourth-order valence-electron chi connectivity index (χ4n) is 1.17. The smallest absolute Gasteiger partial charge is 0.259 e. The Balaban J connectivity index is 2.59. The van der Waals surface area contributed by atoms with Gasteiger partial charge in [-0.3, -0.25) is 4.79 Å². The van der Waals surface area contributed by atoms with Gasteiger partial charge in [0.15, 0.2) is 0 Å². The molecule has 1 aromatic carbocycles. The van der Waals surface area contributed by atoms with Crippen LogP contribution in [0.4, 0.5) is 0 Å². The van der Waals surface area contributed by atoms with Gasteiger partial charge in [0.2, 0.25) is 0 Å². The molecule has 0 saturated carbocycles. The van der Waals surface area contributed by atoms with Crippen LogP contribution in [-0.4, -0.2) is 5.91 Å². The van der Waals surface area contributed by atoms with Crippen molar-refractivity contribution in [3.63, 3.8) is 0 Å². The van der Waals surface area contributed by atoms with Crippen molar-refractivity contribution in [2.45, 2.75) is 13.5 Å². The lowest BCUT2D eigenvalue weighted by atomic mass is 10.1. The third-order valence-electron chi connectivity index (χ3n) is 1.90. The first-order valence-corrected chi connectivity index (χ1v) is 7.79. The van der Waals surface area contributed by atoms with Gasteiger partial charge in [-0.25, -0.2) is 0 Å². The van der Waals surface area contributed by atoms with Crippen LogP contribution in [0.15, 0.2) is 29.4 Å². The summed E-state index contributed by atoms with van der Waals surface area (Å²) in [7, 11) is 0. The van der Waals surface area contributed by atoms with E-state index in [-0.39, 0.29) is 5.91 Å². The Hall–Kier alpha value is 0.620. The van der Waals surface area contributed by atoms with Gasteiger partial charge >= 0.3 is 0 Å². The van der Waals surface area contributed by atoms with Crippen LogP contribution in [0.25, 0.3) is 0 Å². The third kappa shape index (κ3) is 4.86. The first-order chi connectivity index (χ1) is 7.50. The van der Waals surface area contributed by atoms with Crippen LogP contribution in [0.3, 0.4) is 0 Å². The van der Waals surface area contributed by atoms with Crippen molar-refractivity contribution < 1.29 is 4.79 Å². The zero-order chi connectivity index (χ0) is 12.1. The molecule has 16 heavy (non-hydrogen) atoms. The van der Waals surface area contributed by atoms with Crippen molar-refractivity contribution in [1.82, 2.24) is 5.32 Å². The highest BCUT2D eigenvalue weighted by Crippen LogP contribution is 2.25. The van der Waals surface area contributed by atoms with E-state index in [9.17, 15) is 4.79 Å². The standard InChI is InChI=1S/C11H10I3NO/c1-7-3-2-4-8(5-7)6-15-11(16)9(12)10(13)14/h2-5H,6H2,1H3,(H,15,16). The maximum atomic E-state index is 11.7. The van der Waals surface area contributed by atoms with E-state index in [0.29, 0.717) is 6.54 Å². The zero-order valence-electron chi connectivity index (χ0n) is 8.56. The number of hydrogen-bond donors (Lipinski definition) is 1. The molecule has 0 fully saturated rings. The highest BCUT2D eigenvalue weighted by Gasteiger charge is 2.08. The molecule has 0 radical (unpaired) electrons. The van der Waals surface area contributed by atoms with E-state index in [2.05, 4.69) is 79.2 Å². The van der Waals surface area contributed by atoms with E-state index in [1.54, 1.807) is 0 Å². The first kappa shape index (κ1) is 14.7. The van der Waals surface area contributed by atoms with E-state index < -0.39 is 0 Å². The Bertz CT molecular complexity index is 425. The minimum atomic E-state index is -0.0130. The molecule has 0 bridgehead atoms. The van der Waals surface area contributed by atoms with Crippen molar-refractivity contribution in [3.8, 4) is 0 Å². The van der Waals surface area contributed by atoms with Gasteiger partial charge in [-0.1, -0.05) is 29.8 Å². The van der Waals surface area contributed by atoms with Crippen LogP contribution in [0.2, 0.25) is 0 Å². The molecular weight excluding hydrogens is 543 g/mol. The summed E-state index contributed by atoms with van der Waals surface area (Å²) in [5, 5.41) is 2.89. The van der Waals surface area contributed by atoms with Gasteiger partial charge in [-0.05, 0) is 80.3 Å². The first-order valence-electron chi connectivity index (χ1n) is 4.55. The van der Waals surface area contributed by atoms with Crippen LogP contribution in [-0.2, 0) is 11.3 Å². The molecule has 0 heterocycles. The van der Waals surface area contributed by atoms with E-state index in [0.717, 1.165) is 10.7 Å². The van der Waals surface area contributed by atoms with Crippen LogP contribution < -0.4 is 5.32 Å². The molecule has 0 spiro atoms. The predicted octanol–water partition coefficient (Wildman–Crippen LogP) is 4.09. The van der Waals surface area contributed by atoms with Crippen molar-refractivity contribution in [2.75, 3.05) is 0 Å². The largest absolute Gasteiger partial charge is 0.348 e. The topological polar surface area (TPSA) is 29.1 Å². The Labute approximate surface area is 136 Å². The van der Waals surface area contributed by atoms with Gasteiger partial charge in [0.25, 0.3) is 5.91 Å². The molecular formula is C11H10I3NO. The molecule has 2 nitrogen and oxygen atoms in total. The number of nitrogens with one attached hydrogen (secondary N) is 1. The van der Waals surface area contributed by atoms with Crippen LogP contribution in [0, 0.1) is 6.92 Å². The Morgan fingerprint density at radius 3 is 2.56 bits per heavy atom. The molecule has 1 aromatic rings. The van der Waals surface area contributed by atoms with E-state index >= 15 is 0 Å². The molecule has 0 aliphatic rings. The van der Waals surface area contributed by atoms with E-state index in [4.69, 9.17) is 0 Å². The van der Waals surface area contributed by atoms with Crippen molar-refractivity contribution >= 4 is 73.7 Å². The maximum absolute atomic E-state index is 11.7. The van der Waals surface area contributed by atoms with Gasteiger partial charge in [0, 0.05) is 6.54 Å². The number of aryl methyl sites for hydroxylation is 1. The van der Waals surface area contributed by atoms with Crippen molar-refractivity contribution in [3.05, 3.63) is 40.6 Å². The molecule has 1 amide bonds. The summed E-state index contributed by atoms with van der Waals surface area (Å²) in [6.07, 6.45) is 0. The lowest BCUT2D eigenvalue weighted by Gasteiger charge is -2.05. The summed E-state index contributed by atoms with van der Waals surface area (Å²) in [6, 6.07) is 8.13. The highest BCUT2D eigenvalue weighted by molar-refractivity contribution is 14.2. The van der Waals surface area contributed by atoms with Crippen molar-refractivity contribution in [1.29, 1.82) is 0 Å². The van der Waals surface area contributed by atoms with Gasteiger partial charge in [-0.15, -0.1) is 0 Å². The molecule has 0 aliphatic carbocycles. The van der Waals surface area contributed by atoms with E-state index in [1.165, 1.54) is 5.56 Å². The lowest BCUT2D eigenvalue weighted by molar-refractivity contribution is -0.116.